The van der Waals surface area contributed by atoms with Gasteiger partial charge in [-0.3, -0.25) is 5.10 Å². The zero-order valence-corrected chi connectivity index (χ0v) is 12.5. The van der Waals surface area contributed by atoms with E-state index in [2.05, 4.69) is 10.2 Å². The zero-order chi connectivity index (χ0) is 16.0. The minimum Gasteiger partial charge on any atom is -0.399 e. The fraction of sp³-hybridized carbons (Fsp3) is 0. The Morgan fingerprint density at radius 1 is 0.909 bits per heavy atom. The maximum atomic E-state index is 10.7. The molecule has 114 valence electrons. The van der Waals surface area contributed by atoms with Gasteiger partial charge in [0.05, 0.1) is 10.6 Å². The van der Waals surface area contributed by atoms with Gasteiger partial charge in [0.25, 0.3) is 0 Å². The molecular formula is C15H16N4O2S. The second kappa shape index (κ2) is 6.88. The number of hydrogen-bond acceptors (Lipinski definition) is 4. The molecule has 3 rings (SSSR count). The number of hydrogen-bond donors (Lipinski definition) is 3. The number of aromatic amines is 1. The number of nitrogens with two attached hydrogens (primary N) is 2. The van der Waals surface area contributed by atoms with Crippen LogP contribution in [0.3, 0.4) is 0 Å². The molecular weight excluding hydrogens is 300 g/mol. The highest BCUT2D eigenvalue weighted by atomic mass is 32.2. The van der Waals surface area contributed by atoms with E-state index in [1.54, 1.807) is 6.20 Å². The van der Waals surface area contributed by atoms with E-state index in [4.69, 9.17) is 10.9 Å². The van der Waals surface area contributed by atoms with Crippen molar-refractivity contribution in [1.82, 2.24) is 10.2 Å². The van der Waals surface area contributed by atoms with Crippen LogP contribution in [0.1, 0.15) is 0 Å². The molecule has 0 bridgehead atoms. The van der Waals surface area contributed by atoms with Gasteiger partial charge in [-0.25, -0.2) is 13.6 Å². The van der Waals surface area contributed by atoms with E-state index in [0.29, 0.717) is 5.69 Å². The first-order chi connectivity index (χ1) is 10.5. The van der Waals surface area contributed by atoms with Gasteiger partial charge >= 0.3 is 0 Å². The number of H-pyrrole nitrogens is 1. The second-order valence-electron chi connectivity index (χ2n) is 4.45. The van der Waals surface area contributed by atoms with Crippen LogP contribution in [0, 0.1) is 0 Å². The van der Waals surface area contributed by atoms with E-state index >= 15 is 0 Å². The Bertz CT molecular complexity index is 799. The molecule has 3 aromatic rings. The minimum atomic E-state index is -3.58. The topological polar surface area (TPSA) is 115 Å². The molecule has 7 heteroatoms. The molecule has 2 aromatic carbocycles. The molecule has 0 aliphatic carbocycles. The lowest BCUT2D eigenvalue weighted by atomic mass is 10.2. The van der Waals surface area contributed by atoms with Crippen molar-refractivity contribution in [2.75, 3.05) is 5.73 Å². The maximum Gasteiger partial charge on any atom is 0.238 e. The number of primary sulfonamides is 1. The molecule has 5 N–H and O–H groups in total. The van der Waals surface area contributed by atoms with Crippen molar-refractivity contribution in [2.24, 2.45) is 5.14 Å². The largest absolute Gasteiger partial charge is 0.399 e. The molecule has 0 aliphatic rings. The monoisotopic (exact) mass is 316 g/mol. The molecule has 0 saturated carbocycles. The smallest absolute Gasteiger partial charge is 0.238 e. The van der Waals surface area contributed by atoms with Gasteiger partial charge in [-0.2, -0.15) is 5.10 Å². The third-order valence-corrected chi connectivity index (χ3v) is 3.72. The molecule has 0 unspecified atom stereocenters. The average Bonchev–Trinajstić information content (AvgIpc) is 3.03. The van der Waals surface area contributed by atoms with Crippen molar-refractivity contribution >= 4 is 15.7 Å². The number of nitrogen functional groups attached to an aromatic ring is 1. The highest BCUT2D eigenvalue weighted by Crippen LogP contribution is 2.13. The van der Waals surface area contributed by atoms with Crippen LogP contribution >= 0.6 is 0 Å². The van der Waals surface area contributed by atoms with Gasteiger partial charge in [-0.1, -0.05) is 30.3 Å². The number of aromatic nitrogens is 2. The van der Waals surface area contributed by atoms with E-state index in [1.165, 1.54) is 29.8 Å². The first-order valence-electron chi connectivity index (χ1n) is 6.40. The van der Waals surface area contributed by atoms with Gasteiger partial charge in [-0.15, -0.1) is 0 Å². The maximum absolute atomic E-state index is 10.7. The van der Waals surface area contributed by atoms with Crippen molar-refractivity contribution in [3.8, 4) is 11.3 Å². The van der Waals surface area contributed by atoms with Crippen LogP contribution in [0.25, 0.3) is 11.3 Å². The highest BCUT2D eigenvalue weighted by molar-refractivity contribution is 7.89. The quantitative estimate of drug-likeness (QED) is 0.627. The SMILES string of the molecule is Nc1ccc(S(N)(=O)=O)cc1.c1ccc(-c2ccn[nH]2)cc1. The fourth-order valence-corrected chi connectivity index (χ4v) is 2.21. The van der Waals surface area contributed by atoms with Gasteiger partial charge in [-0.05, 0) is 35.9 Å². The summed E-state index contributed by atoms with van der Waals surface area (Å²) in [7, 11) is -3.58. The fourth-order valence-electron chi connectivity index (χ4n) is 1.69. The third kappa shape index (κ3) is 4.44. The Morgan fingerprint density at radius 3 is 2.05 bits per heavy atom. The normalized spacial score (nSPS) is 10.6. The van der Waals surface area contributed by atoms with E-state index in [9.17, 15) is 8.42 Å². The Morgan fingerprint density at radius 2 is 1.55 bits per heavy atom. The van der Waals surface area contributed by atoms with Gasteiger partial charge in [0.2, 0.25) is 10.0 Å². The Kier molecular flexibility index (Phi) is 4.92. The number of anilines is 1. The van der Waals surface area contributed by atoms with Crippen LogP contribution < -0.4 is 10.9 Å². The summed E-state index contributed by atoms with van der Waals surface area (Å²) in [6.45, 7) is 0. The van der Waals surface area contributed by atoms with Crippen LogP contribution in [-0.4, -0.2) is 18.6 Å². The molecule has 0 amide bonds. The lowest BCUT2D eigenvalue weighted by Gasteiger charge is -1.96. The van der Waals surface area contributed by atoms with Crippen molar-refractivity contribution in [2.45, 2.75) is 4.90 Å². The first kappa shape index (κ1) is 15.7. The Balaban J connectivity index is 0.000000160. The summed E-state index contributed by atoms with van der Waals surface area (Å²) in [5.41, 5.74) is 8.08. The Hall–Kier alpha value is -2.64. The number of nitrogens with one attached hydrogen (secondary N) is 1. The van der Waals surface area contributed by atoms with E-state index in [1.807, 2.05) is 36.4 Å². The zero-order valence-electron chi connectivity index (χ0n) is 11.7. The van der Waals surface area contributed by atoms with E-state index in [0.717, 1.165) is 5.69 Å². The molecule has 0 fully saturated rings. The minimum absolute atomic E-state index is 0.0756. The van der Waals surface area contributed by atoms with Gasteiger partial charge < -0.3 is 5.73 Å². The molecule has 0 aliphatic heterocycles. The summed E-state index contributed by atoms with van der Waals surface area (Å²) < 4.78 is 21.4. The van der Waals surface area contributed by atoms with Gasteiger partial charge in [0.15, 0.2) is 0 Å². The molecule has 0 atom stereocenters. The molecule has 1 heterocycles. The molecule has 1 aromatic heterocycles. The lowest BCUT2D eigenvalue weighted by molar-refractivity contribution is 0.598. The van der Waals surface area contributed by atoms with Crippen molar-refractivity contribution in [1.29, 1.82) is 0 Å². The number of benzene rings is 2. The van der Waals surface area contributed by atoms with E-state index in [-0.39, 0.29) is 4.90 Å². The predicted molar refractivity (Wildman–Crippen MR) is 86.3 cm³/mol. The van der Waals surface area contributed by atoms with Gasteiger partial charge in [0.1, 0.15) is 0 Å². The van der Waals surface area contributed by atoms with Gasteiger partial charge in [0, 0.05) is 11.9 Å². The predicted octanol–water partition coefficient (Wildman–Crippen LogP) is 1.99. The van der Waals surface area contributed by atoms with Crippen LogP contribution in [0.2, 0.25) is 0 Å². The summed E-state index contributed by atoms with van der Waals surface area (Å²) in [5, 5.41) is 11.6. The number of nitrogens with zero attached hydrogens (tertiary/aromatic N) is 1. The number of rotatable bonds is 2. The summed E-state index contributed by atoms with van der Waals surface area (Å²) in [4.78, 5) is 0.0756. The first-order valence-corrected chi connectivity index (χ1v) is 7.94. The van der Waals surface area contributed by atoms with Crippen molar-refractivity contribution in [3.63, 3.8) is 0 Å². The molecule has 22 heavy (non-hydrogen) atoms. The highest BCUT2D eigenvalue weighted by Gasteiger charge is 2.05. The van der Waals surface area contributed by atoms with Crippen LogP contribution in [0.5, 0.6) is 0 Å². The number of sulfonamides is 1. The standard InChI is InChI=1S/C9H8N2.C6H8N2O2S/c1-2-4-8(5-3-1)9-6-7-10-11-9;7-5-1-3-6(4-2-5)11(8,9)10/h1-7H,(H,10,11);1-4H,7H2,(H2,8,9,10). The van der Waals surface area contributed by atoms with Crippen LogP contribution in [0.15, 0.2) is 71.8 Å². The molecule has 0 radical (unpaired) electrons. The lowest BCUT2D eigenvalue weighted by Crippen LogP contribution is -2.11. The summed E-state index contributed by atoms with van der Waals surface area (Å²) in [5.74, 6) is 0. The Labute approximate surface area is 128 Å². The van der Waals surface area contributed by atoms with Crippen LogP contribution in [0.4, 0.5) is 5.69 Å². The third-order valence-electron chi connectivity index (χ3n) is 2.79. The van der Waals surface area contributed by atoms with Crippen molar-refractivity contribution < 1.29 is 8.42 Å². The molecule has 6 nitrogen and oxygen atoms in total. The summed E-state index contributed by atoms with van der Waals surface area (Å²) in [6, 6.07) is 17.8. The molecule has 0 spiro atoms. The molecule has 0 saturated heterocycles. The van der Waals surface area contributed by atoms with Crippen LogP contribution in [-0.2, 0) is 10.0 Å². The van der Waals surface area contributed by atoms with Crippen molar-refractivity contribution in [3.05, 3.63) is 66.9 Å². The second-order valence-corrected chi connectivity index (χ2v) is 6.01. The average molecular weight is 316 g/mol. The summed E-state index contributed by atoms with van der Waals surface area (Å²) in [6.07, 6.45) is 1.75. The summed E-state index contributed by atoms with van der Waals surface area (Å²) >= 11 is 0. The van der Waals surface area contributed by atoms with E-state index < -0.39 is 10.0 Å².